The number of hydrogen-bond donors (Lipinski definition) is 0. The second-order valence-corrected chi connectivity index (χ2v) is 10.4. The zero-order valence-electron chi connectivity index (χ0n) is 16.3. The van der Waals surface area contributed by atoms with Crippen molar-refractivity contribution in [2.45, 2.75) is 36.7 Å². The fourth-order valence-corrected chi connectivity index (χ4v) is 6.14. The predicted molar refractivity (Wildman–Crippen MR) is 112 cm³/mol. The van der Waals surface area contributed by atoms with Gasteiger partial charge >= 0.3 is 0 Å². The van der Waals surface area contributed by atoms with Crippen molar-refractivity contribution in [1.82, 2.24) is 4.31 Å². The number of methoxy groups -OCH3 is 1. The summed E-state index contributed by atoms with van der Waals surface area (Å²) in [5.41, 5.74) is 1.00. The van der Waals surface area contributed by atoms with Crippen molar-refractivity contribution in [1.29, 1.82) is 0 Å². The van der Waals surface area contributed by atoms with Crippen LogP contribution >= 0.6 is 15.9 Å². The fraction of sp³-hybridized carbons (Fsp3) is 0.381. The van der Waals surface area contributed by atoms with Crippen LogP contribution in [0.5, 0.6) is 11.5 Å². The van der Waals surface area contributed by atoms with Crippen molar-refractivity contribution < 1.29 is 22.7 Å². The summed E-state index contributed by atoms with van der Waals surface area (Å²) in [4.78, 5) is 12.9. The highest BCUT2D eigenvalue weighted by molar-refractivity contribution is 9.10. The lowest BCUT2D eigenvalue weighted by molar-refractivity contribution is 0.00589. The molecule has 4 rings (SSSR count). The number of hydrogen-bond acceptors (Lipinski definition) is 5. The molecule has 1 saturated heterocycles. The number of carbonyl (C=O) groups excluding carboxylic acids is 1. The van der Waals surface area contributed by atoms with Crippen molar-refractivity contribution in [3.05, 3.63) is 52.0 Å². The molecule has 0 bridgehead atoms. The lowest BCUT2D eigenvalue weighted by Crippen LogP contribution is -2.52. The summed E-state index contributed by atoms with van der Waals surface area (Å²) in [6.07, 6.45) is 1.23. The first-order valence-electron chi connectivity index (χ1n) is 9.41. The summed E-state index contributed by atoms with van der Waals surface area (Å²) in [5, 5.41) is 0. The molecule has 0 aliphatic carbocycles. The Hall–Kier alpha value is -1.90. The van der Waals surface area contributed by atoms with E-state index in [9.17, 15) is 13.2 Å². The Morgan fingerprint density at radius 1 is 1.14 bits per heavy atom. The Morgan fingerprint density at radius 3 is 2.52 bits per heavy atom. The molecule has 1 spiro atoms. The van der Waals surface area contributed by atoms with Gasteiger partial charge in [0.05, 0.1) is 28.5 Å². The standard InChI is InChI=1S/C21H22BrNO5S/c1-14-3-5-19-16(11-14)18(24)13-21(28-19)7-9-23(10-8-21)29(25,26)15-4-6-20(27-2)17(22)12-15/h3-6,11-12H,7-10,13H2,1-2H3. The van der Waals surface area contributed by atoms with E-state index in [2.05, 4.69) is 15.9 Å². The first-order chi connectivity index (χ1) is 13.7. The summed E-state index contributed by atoms with van der Waals surface area (Å²) in [6, 6.07) is 10.3. The Bertz CT molecular complexity index is 1070. The van der Waals surface area contributed by atoms with Gasteiger partial charge in [-0.3, -0.25) is 4.79 Å². The van der Waals surface area contributed by atoms with Crippen LogP contribution in [0.25, 0.3) is 0 Å². The van der Waals surface area contributed by atoms with E-state index in [4.69, 9.17) is 9.47 Å². The average molecular weight is 480 g/mol. The van der Waals surface area contributed by atoms with Crippen LogP contribution in [0.4, 0.5) is 0 Å². The minimum atomic E-state index is -3.64. The van der Waals surface area contributed by atoms with Gasteiger partial charge in [0.2, 0.25) is 10.0 Å². The van der Waals surface area contributed by atoms with Crippen LogP contribution in [0.15, 0.2) is 45.8 Å². The molecule has 0 atom stereocenters. The SMILES string of the molecule is COc1ccc(S(=O)(=O)N2CCC3(CC2)CC(=O)c2cc(C)ccc2O3)cc1Br. The van der Waals surface area contributed by atoms with Gasteiger partial charge in [-0.1, -0.05) is 11.6 Å². The van der Waals surface area contributed by atoms with E-state index in [1.165, 1.54) is 11.4 Å². The van der Waals surface area contributed by atoms with Crippen LogP contribution in [0.1, 0.15) is 35.2 Å². The number of ether oxygens (including phenoxy) is 2. The van der Waals surface area contributed by atoms with Gasteiger partial charge in [-0.05, 0) is 53.2 Å². The van der Waals surface area contributed by atoms with Crippen LogP contribution in [0.2, 0.25) is 0 Å². The monoisotopic (exact) mass is 479 g/mol. The van der Waals surface area contributed by atoms with Gasteiger partial charge in [0, 0.05) is 25.9 Å². The zero-order valence-corrected chi connectivity index (χ0v) is 18.7. The van der Waals surface area contributed by atoms with Crippen molar-refractivity contribution in [2.75, 3.05) is 20.2 Å². The molecular weight excluding hydrogens is 458 g/mol. The van der Waals surface area contributed by atoms with Gasteiger partial charge in [0.1, 0.15) is 17.1 Å². The quantitative estimate of drug-likeness (QED) is 0.665. The molecule has 29 heavy (non-hydrogen) atoms. The number of benzene rings is 2. The molecule has 0 radical (unpaired) electrons. The van der Waals surface area contributed by atoms with E-state index in [-0.39, 0.29) is 17.1 Å². The number of sulfonamides is 1. The maximum Gasteiger partial charge on any atom is 0.243 e. The van der Waals surface area contributed by atoms with Crippen molar-refractivity contribution in [3.8, 4) is 11.5 Å². The third kappa shape index (κ3) is 3.69. The summed E-state index contributed by atoms with van der Waals surface area (Å²) in [6.45, 7) is 2.56. The molecule has 2 aliphatic rings. The average Bonchev–Trinajstić information content (AvgIpc) is 2.69. The van der Waals surface area contributed by atoms with Gasteiger partial charge in [-0.15, -0.1) is 0 Å². The molecule has 0 unspecified atom stereocenters. The lowest BCUT2D eigenvalue weighted by Gasteiger charge is -2.43. The topological polar surface area (TPSA) is 72.9 Å². The predicted octanol–water partition coefficient (Wildman–Crippen LogP) is 3.95. The van der Waals surface area contributed by atoms with Crippen LogP contribution in [0, 0.1) is 6.92 Å². The highest BCUT2D eigenvalue weighted by atomic mass is 79.9. The molecule has 0 saturated carbocycles. The highest BCUT2D eigenvalue weighted by Crippen LogP contribution is 2.40. The first kappa shape index (κ1) is 20.4. The molecule has 1 fully saturated rings. The summed E-state index contributed by atoms with van der Waals surface area (Å²) < 4.78 is 39.6. The van der Waals surface area contributed by atoms with Gasteiger partial charge in [-0.2, -0.15) is 4.31 Å². The Balaban J connectivity index is 1.53. The number of rotatable bonds is 3. The minimum Gasteiger partial charge on any atom is -0.496 e. The zero-order chi connectivity index (χ0) is 20.8. The maximum atomic E-state index is 13.1. The molecule has 0 aromatic heterocycles. The number of aryl methyl sites for hydroxylation is 1. The molecule has 2 aromatic carbocycles. The van der Waals surface area contributed by atoms with E-state index in [1.54, 1.807) is 18.2 Å². The van der Waals surface area contributed by atoms with Crippen molar-refractivity contribution >= 4 is 31.7 Å². The number of halogens is 1. The Kier molecular flexibility index (Phi) is 5.21. The molecule has 6 nitrogen and oxygen atoms in total. The highest BCUT2D eigenvalue weighted by Gasteiger charge is 2.45. The van der Waals surface area contributed by atoms with E-state index in [0.717, 1.165) is 5.56 Å². The molecule has 2 heterocycles. The van der Waals surface area contributed by atoms with E-state index in [1.807, 2.05) is 25.1 Å². The second-order valence-electron chi connectivity index (χ2n) is 7.59. The van der Waals surface area contributed by atoms with Crippen LogP contribution in [-0.4, -0.2) is 44.3 Å². The number of piperidine rings is 1. The molecular formula is C21H22BrNO5S. The van der Waals surface area contributed by atoms with E-state index < -0.39 is 15.6 Å². The van der Waals surface area contributed by atoms with Crippen molar-refractivity contribution in [2.24, 2.45) is 0 Å². The summed E-state index contributed by atoms with van der Waals surface area (Å²) >= 11 is 3.34. The molecule has 0 amide bonds. The van der Waals surface area contributed by atoms with Gasteiger partial charge in [-0.25, -0.2) is 8.42 Å². The lowest BCUT2D eigenvalue weighted by atomic mass is 9.83. The van der Waals surface area contributed by atoms with E-state index in [0.29, 0.717) is 47.5 Å². The summed E-state index contributed by atoms with van der Waals surface area (Å²) in [7, 11) is -2.11. The van der Waals surface area contributed by atoms with Crippen LogP contribution in [-0.2, 0) is 10.0 Å². The Labute approximate surface area is 179 Å². The third-order valence-electron chi connectivity index (χ3n) is 5.64. The van der Waals surface area contributed by atoms with Gasteiger partial charge < -0.3 is 9.47 Å². The maximum absolute atomic E-state index is 13.1. The first-order valence-corrected chi connectivity index (χ1v) is 11.6. The number of Topliss-reactive ketones (excluding diaryl/α,β-unsaturated/α-hetero) is 1. The molecule has 0 N–H and O–H groups in total. The van der Waals surface area contributed by atoms with Crippen LogP contribution in [0.3, 0.4) is 0 Å². The van der Waals surface area contributed by atoms with Crippen molar-refractivity contribution in [3.63, 3.8) is 0 Å². The van der Waals surface area contributed by atoms with E-state index >= 15 is 0 Å². The minimum absolute atomic E-state index is 0.0605. The second kappa shape index (κ2) is 7.41. The molecule has 154 valence electrons. The van der Waals surface area contributed by atoms with Gasteiger partial charge in [0.15, 0.2) is 5.78 Å². The smallest absolute Gasteiger partial charge is 0.243 e. The molecule has 2 aliphatic heterocycles. The number of nitrogens with zero attached hydrogens (tertiary/aromatic N) is 1. The number of ketones is 1. The number of fused-ring (bicyclic) bond motifs is 1. The number of carbonyl (C=O) groups is 1. The van der Waals surface area contributed by atoms with Crippen LogP contribution < -0.4 is 9.47 Å². The third-order valence-corrected chi connectivity index (χ3v) is 8.15. The Morgan fingerprint density at radius 2 is 1.86 bits per heavy atom. The molecule has 8 heteroatoms. The fourth-order valence-electron chi connectivity index (χ4n) is 3.98. The molecule has 2 aromatic rings. The summed E-state index contributed by atoms with van der Waals surface area (Å²) in [5.74, 6) is 1.23. The normalized spacial score (nSPS) is 18.9. The largest absolute Gasteiger partial charge is 0.496 e. The van der Waals surface area contributed by atoms with Gasteiger partial charge in [0.25, 0.3) is 0 Å².